The number of carbonyl (C=O) groups is 1. The smallest absolute Gasteiger partial charge is 0.230 e. The number of nitrogens with zero attached hydrogens (tertiary/aromatic N) is 2. The van der Waals surface area contributed by atoms with E-state index in [1.54, 1.807) is 6.07 Å². The van der Waals surface area contributed by atoms with Crippen molar-refractivity contribution in [3.8, 4) is 10.6 Å². The van der Waals surface area contributed by atoms with E-state index in [-0.39, 0.29) is 18.1 Å². The largest absolute Gasteiger partial charge is 0.378 e. The van der Waals surface area contributed by atoms with Gasteiger partial charge in [-0.25, -0.2) is 9.37 Å². The molecule has 3 aromatic rings. The van der Waals surface area contributed by atoms with Crippen molar-refractivity contribution in [1.82, 2.24) is 4.98 Å². The highest BCUT2D eigenvalue weighted by Crippen LogP contribution is 2.27. The van der Waals surface area contributed by atoms with Gasteiger partial charge in [-0.2, -0.15) is 0 Å². The van der Waals surface area contributed by atoms with Crippen LogP contribution in [-0.4, -0.2) is 37.2 Å². The zero-order valence-electron chi connectivity index (χ0n) is 15.2. The maximum Gasteiger partial charge on any atom is 0.230 e. The van der Waals surface area contributed by atoms with E-state index in [9.17, 15) is 9.18 Å². The van der Waals surface area contributed by atoms with Gasteiger partial charge in [0.25, 0.3) is 0 Å². The number of aromatic nitrogens is 1. The molecule has 0 atom stereocenters. The maximum atomic E-state index is 13.4. The SMILES string of the molecule is O=C(Cc1csc(-c2cccc(F)c2)n1)Nc1ccccc1N1CCOCC1. The summed E-state index contributed by atoms with van der Waals surface area (Å²) in [6.07, 6.45) is 0.170. The molecular formula is C21H20FN3O2S. The monoisotopic (exact) mass is 397 g/mol. The Hall–Kier alpha value is -2.77. The minimum Gasteiger partial charge on any atom is -0.378 e. The van der Waals surface area contributed by atoms with Gasteiger partial charge in [0.15, 0.2) is 0 Å². The summed E-state index contributed by atoms with van der Waals surface area (Å²) < 4.78 is 18.8. The number of nitrogens with one attached hydrogen (secondary N) is 1. The first-order valence-electron chi connectivity index (χ1n) is 9.11. The van der Waals surface area contributed by atoms with Crippen LogP contribution in [0.1, 0.15) is 5.69 Å². The molecule has 1 fully saturated rings. The van der Waals surface area contributed by atoms with Crippen molar-refractivity contribution >= 4 is 28.6 Å². The Balaban J connectivity index is 1.44. The number of rotatable bonds is 5. The first-order valence-corrected chi connectivity index (χ1v) is 9.99. The van der Waals surface area contributed by atoms with E-state index in [0.29, 0.717) is 29.5 Å². The molecule has 1 aliphatic rings. The Labute approximate surface area is 166 Å². The number of hydrogen-bond donors (Lipinski definition) is 1. The van der Waals surface area contributed by atoms with Crippen LogP contribution in [0.2, 0.25) is 0 Å². The van der Waals surface area contributed by atoms with Crippen molar-refractivity contribution in [2.24, 2.45) is 0 Å². The van der Waals surface area contributed by atoms with Crippen LogP contribution in [0.25, 0.3) is 10.6 Å². The molecule has 0 aliphatic carbocycles. The molecule has 1 N–H and O–H groups in total. The van der Waals surface area contributed by atoms with E-state index < -0.39 is 0 Å². The van der Waals surface area contributed by atoms with Gasteiger partial charge in [0.05, 0.1) is 36.7 Å². The Morgan fingerprint density at radius 1 is 1.18 bits per heavy atom. The Morgan fingerprint density at radius 3 is 2.82 bits per heavy atom. The van der Waals surface area contributed by atoms with Crippen LogP contribution >= 0.6 is 11.3 Å². The fourth-order valence-corrected chi connectivity index (χ4v) is 3.98. The highest BCUT2D eigenvalue weighted by Gasteiger charge is 2.16. The van der Waals surface area contributed by atoms with E-state index in [2.05, 4.69) is 15.2 Å². The zero-order chi connectivity index (χ0) is 19.3. The van der Waals surface area contributed by atoms with Gasteiger partial charge in [-0.3, -0.25) is 4.79 Å². The zero-order valence-corrected chi connectivity index (χ0v) is 16.0. The highest BCUT2D eigenvalue weighted by atomic mass is 32.1. The lowest BCUT2D eigenvalue weighted by Crippen LogP contribution is -2.36. The molecule has 1 aliphatic heterocycles. The fraction of sp³-hybridized carbons (Fsp3) is 0.238. The molecule has 2 heterocycles. The highest BCUT2D eigenvalue weighted by molar-refractivity contribution is 7.13. The molecule has 1 aromatic heterocycles. The van der Waals surface area contributed by atoms with Gasteiger partial charge in [0.1, 0.15) is 10.8 Å². The number of amides is 1. The molecule has 5 nitrogen and oxygen atoms in total. The second-order valence-corrected chi connectivity index (χ2v) is 7.35. The number of morpholine rings is 1. The first kappa shape index (κ1) is 18.6. The predicted molar refractivity (Wildman–Crippen MR) is 109 cm³/mol. The molecule has 0 unspecified atom stereocenters. The number of benzene rings is 2. The first-order chi connectivity index (χ1) is 13.7. The van der Waals surface area contributed by atoms with Crippen molar-refractivity contribution in [2.75, 3.05) is 36.5 Å². The second kappa shape index (κ2) is 8.50. The van der Waals surface area contributed by atoms with E-state index in [1.165, 1.54) is 23.5 Å². The van der Waals surface area contributed by atoms with E-state index in [1.807, 2.05) is 35.7 Å². The van der Waals surface area contributed by atoms with Crippen molar-refractivity contribution in [3.63, 3.8) is 0 Å². The van der Waals surface area contributed by atoms with Crippen molar-refractivity contribution in [2.45, 2.75) is 6.42 Å². The molecule has 0 bridgehead atoms. The van der Waals surface area contributed by atoms with Gasteiger partial charge >= 0.3 is 0 Å². The van der Waals surface area contributed by atoms with Crippen LogP contribution in [0.15, 0.2) is 53.9 Å². The molecule has 0 radical (unpaired) electrons. The summed E-state index contributed by atoms with van der Waals surface area (Å²) in [7, 11) is 0. The summed E-state index contributed by atoms with van der Waals surface area (Å²) in [4.78, 5) is 19.3. The lowest BCUT2D eigenvalue weighted by atomic mass is 10.2. The number of thiazole rings is 1. The molecule has 0 spiro atoms. The van der Waals surface area contributed by atoms with Crippen LogP contribution in [0.4, 0.5) is 15.8 Å². The standard InChI is InChI=1S/C21H20FN3O2S/c22-16-5-3-4-15(12-16)21-23-17(14-28-21)13-20(26)24-18-6-1-2-7-19(18)25-8-10-27-11-9-25/h1-7,12,14H,8-11,13H2,(H,24,26). The fourth-order valence-electron chi connectivity index (χ4n) is 3.16. The van der Waals surface area contributed by atoms with Gasteiger partial charge in [-0.05, 0) is 24.3 Å². The van der Waals surface area contributed by atoms with Crippen molar-refractivity contribution in [1.29, 1.82) is 0 Å². The summed E-state index contributed by atoms with van der Waals surface area (Å²) in [5, 5.41) is 5.54. The predicted octanol–water partition coefficient (Wildman–Crippen LogP) is 3.97. The summed E-state index contributed by atoms with van der Waals surface area (Å²) in [5.74, 6) is -0.427. The molecule has 144 valence electrons. The molecule has 0 saturated carbocycles. The minimum atomic E-state index is -0.299. The van der Waals surface area contributed by atoms with Crippen LogP contribution < -0.4 is 10.2 Å². The Morgan fingerprint density at radius 2 is 2.00 bits per heavy atom. The number of halogens is 1. The summed E-state index contributed by atoms with van der Waals surface area (Å²) in [6, 6.07) is 14.1. The average molecular weight is 397 g/mol. The minimum absolute atomic E-state index is 0.128. The molecule has 2 aromatic carbocycles. The van der Waals surface area contributed by atoms with E-state index >= 15 is 0 Å². The molecule has 7 heteroatoms. The maximum absolute atomic E-state index is 13.4. The van der Waals surface area contributed by atoms with Crippen LogP contribution in [0.3, 0.4) is 0 Å². The van der Waals surface area contributed by atoms with Crippen LogP contribution in [0, 0.1) is 5.82 Å². The lowest BCUT2D eigenvalue weighted by Gasteiger charge is -2.30. The van der Waals surface area contributed by atoms with E-state index in [4.69, 9.17) is 4.74 Å². The molecule has 4 rings (SSSR count). The van der Waals surface area contributed by atoms with E-state index in [0.717, 1.165) is 24.5 Å². The third-order valence-corrected chi connectivity index (χ3v) is 5.44. The van der Waals surface area contributed by atoms with Crippen LogP contribution in [0.5, 0.6) is 0 Å². The van der Waals surface area contributed by atoms with Gasteiger partial charge in [-0.15, -0.1) is 11.3 Å². The normalized spacial score (nSPS) is 14.1. The number of hydrogen-bond acceptors (Lipinski definition) is 5. The van der Waals surface area contributed by atoms with Gasteiger partial charge < -0.3 is 15.0 Å². The number of ether oxygens (including phenoxy) is 1. The van der Waals surface area contributed by atoms with Crippen molar-refractivity contribution < 1.29 is 13.9 Å². The van der Waals surface area contributed by atoms with Gasteiger partial charge in [0.2, 0.25) is 5.91 Å². The Kier molecular flexibility index (Phi) is 5.64. The molecule has 28 heavy (non-hydrogen) atoms. The second-order valence-electron chi connectivity index (χ2n) is 6.50. The lowest BCUT2D eigenvalue weighted by molar-refractivity contribution is -0.115. The number of anilines is 2. The number of para-hydroxylation sites is 2. The summed E-state index contributed by atoms with van der Waals surface area (Å²) in [6.45, 7) is 2.97. The number of carbonyl (C=O) groups excluding carboxylic acids is 1. The van der Waals surface area contributed by atoms with Gasteiger partial charge in [-0.1, -0.05) is 24.3 Å². The topological polar surface area (TPSA) is 54.5 Å². The van der Waals surface area contributed by atoms with Crippen LogP contribution in [-0.2, 0) is 16.0 Å². The quantitative estimate of drug-likeness (QED) is 0.708. The third-order valence-electron chi connectivity index (χ3n) is 4.49. The van der Waals surface area contributed by atoms with Crippen molar-refractivity contribution in [3.05, 3.63) is 65.4 Å². The molecule has 1 saturated heterocycles. The average Bonchev–Trinajstić information content (AvgIpc) is 3.17. The molecule has 1 amide bonds. The van der Waals surface area contributed by atoms with Gasteiger partial charge in [0, 0.05) is 24.0 Å². The molecular weight excluding hydrogens is 377 g/mol. The summed E-state index contributed by atoms with van der Waals surface area (Å²) in [5.41, 5.74) is 3.17. The Bertz CT molecular complexity index is 970. The summed E-state index contributed by atoms with van der Waals surface area (Å²) >= 11 is 1.41. The third kappa shape index (κ3) is 4.37.